The zero-order valence-electron chi connectivity index (χ0n) is 20.4. The lowest BCUT2D eigenvalue weighted by atomic mass is 10.1. The van der Waals surface area contributed by atoms with Crippen molar-refractivity contribution in [2.75, 3.05) is 38.2 Å². The van der Waals surface area contributed by atoms with E-state index in [4.69, 9.17) is 9.84 Å². The number of carbonyl (C=O) groups excluding carboxylic acids is 2. The molecule has 0 fully saturated rings. The fourth-order valence-corrected chi connectivity index (χ4v) is 3.39. The first-order valence-electron chi connectivity index (χ1n) is 11.6. The molecule has 12 heteroatoms. The summed E-state index contributed by atoms with van der Waals surface area (Å²) < 4.78 is 5.00. The smallest absolute Gasteiger partial charge is 0.328 e. The van der Waals surface area contributed by atoms with E-state index >= 15 is 0 Å². The van der Waals surface area contributed by atoms with Crippen molar-refractivity contribution in [3.8, 4) is 5.75 Å². The molecule has 1 atom stereocenters. The van der Waals surface area contributed by atoms with E-state index in [0.29, 0.717) is 23.9 Å². The maximum atomic E-state index is 12.8. The molecule has 0 aliphatic rings. The van der Waals surface area contributed by atoms with Gasteiger partial charge in [-0.15, -0.1) is 0 Å². The highest BCUT2D eigenvalue weighted by atomic mass is 16.5. The van der Waals surface area contributed by atoms with Crippen molar-refractivity contribution in [2.24, 2.45) is 0 Å². The van der Waals surface area contributed by atoms with Crippen LogP contribution in [0.4, 0.5) is 5.95 Å². The molecule has 2 rings (SSSR count). The van der Waals surface area contributed by atoms with Crippen molar-refractivity contribution >= 4 is 23.7 Å². The quantitative estimate of drug-likeness (QED) is 0.188. The first-order chi connectivity index (χ1) is 17.2. The molecule has 0 saturated carbocycles. The molecule has 196 valence electrons. The fourth-order valence-electron chi connectivity index (χ4n) is 3.39. The van der Waals surface area contributed by atoms with Crippen LogP contribution >= 0.6 is 0 Å². The first kappa shape index (κ1) is 28.5. The topological polar surface area (TPSA) is 183 Å². The number of phenolic OH excluding ortho intramolecular Hbond substituents is 1. The normalized spacial score (nSPS) is 11.5. The number of phenols is 1. The third-order valence-electron chi connectivity index (χ3n) is 5.15. The van der Waals surface area contributed by atoms with Gasteiger partial charge in [0.25, 0.3) is 5.91 Å². The van der Waals surface area contributed by atoms with E-state index in [9.17, 15) is 24.6 Å². The summed E-state index contributed by atoms with van der Waals surface area (Å²) in [5.74, 6) is -1.83. The van der Waals surface area contributed by atoms with Crippen molar-refractivity contribution < 1.29 is 34.4 Å². The SMILES string of the molecule is Cc1nc(NCCCc2cccc(O)c2)nc(C)c1C(=O)NC(CNC(=O)CCOCCO)C(=O)O. The summed E-state index contributed by atoms with van der Waals surface area (Å²) in [5.41, 5.74) is 1.93. The first-order valence-corrected chi connectivity index (χ1v) is 11.6. The molecule has 0 saturated heterocycles. The number of hydrogen-bond donors (Lipinski definition) is 6. The highest BCUT2D eigenvalue weighted by Crippen LogP contribution is 2.15. The Bertz CT molecular complexity index is 1020. The van der Waals surface area contributed by atoms with Crippen LogP contribution in [-0.4, -0.2) is 82.0 Å². The van der Waals surface area contributed by atoms with Gasteiger partial charge >= 0.3 is 5.97 Å². The number of carboxylic acids is 1. The van der Waals surface area contributed by atoms with Crippen molar-refractivity contribution in [1.82, 2.24) is 20.6 Å². The number of nitrogens with one attached hydrogen (secondary N) is 3. The summed E-state index contributed by atoms with van der Waals surface area (Å²) in [6.45, 7) is 3.56. The lowest BCUT2D eigenvalue weighted by Crippen LogP contribution is -2.48. The number of aliphatic hydroxyl groups is 1. The van der Waals surface area contributed by atoms with Crippen LogP contribution in [0.25, 0.3) is 0 Å². The summed E-state index contributed by atoms with van der Waals surface area (Å²) in [7, 11) is 0. The van der Waals surface area contributed by atoms with E-state index in [-0.39, 0.29) is 44.1 Å². The largest absolute Gasteiger partial charge is 0.508 e. The Morgan fingerprint density at radius 3 is 2.47 bits per heavy atom. The number of anilines is 1. The van der Waals surface area contributed by atoms with Gasteiger partial charge < -0.3 is 36.0 Å². The molecule has 2 aromatic rings. The van der Waals surface area contributed by atoms with Crippen LogP contribution in [0.15, 0.2) is 24.3 Å². The van der Waals surface area contributed by atoms with Crippen molar-refractivity contribution in [3.05, 3.63) is 46.8 Å². The number of aliphatic hydroxyl groups excluding tert-OH is 1. The molecule has 36 heavy (non-hydrogen) atoms. The molecule has 1 aromatic heterocycles. The molecule has 2 amide bonds. The third kappa shape index (κ3) is 9.47. The minimum atomic E-state index is -1.35. The molecule has 0 aliphatic heterocycles. The van der Waals surface area contributed by atoms with Crippen LogP contribution in [0, 0.1) is 13.8 Å². The Kier molecular flexibility index (Phi) is 11.5. The summed E-state index contributed by atoms with van der Waals surface area (Å²) in [4.78, 5) is 44.9. The molecule has 1 heterocycles. The Labute approximate surface area is 209 Å². The van der Waals surface area contributed by atoms with Crippen molar-refractivity contribution in [2.45, 2.75) is 39.2 Å². The van der Waals surface area contributed by atoms with Gasteiger partial charge in [0.15, 0.2) is 0 Å². The standard InChI is InChI=1S/C24H33N5O7/c1-15-21(22(33)29-19(23(34)35)14-26-20(32)8-11-36-12-10-30)16(2)28-24(27-15)25-9-4-6-17-5-3-7-18(31)13-17/h3,5,7,13,19,30-31H,4,6,8-12,14H2,1-2H3,(H,26,32)(H,29,33)(H,34,35)(H,25,27,28). The Hall–Kier alpha value is -3.77. The molecule has 1 aromatic carbocycles. The number of benzene rings is 1. The average Bonchev–Trinajstić information content (AvgIpc) is 2.81. The van der Waals surface area contributed by atoms with Crippen molar-refractivity contribution in [3.63, 3.8) is 0 Å². The van der Waals surface area contributed by atoms with Crippen molar-refractivity contribution in [1.29, 1.82) is 0 Å². The number of carboxylic acid groups (broad SMARTS) is 1. The fraction of sp³-hybridized carbons (Fsp3) is 0.458. The lowest BCUT2D eigenvalue weighted by molar-refractivity contribution is -0.139. The minimum Gasteiger partial charge on any atom is -0.508 e. The molecular weight excluding hydrogens is 470 g/mol. The summed E-state index contributed by atoms with van der Waals surface area (Å²) in [6.07, 6.45) is 1.52. The van der Waals surface area contributed by atoms with Gasteiger partial charge in [0.2, 0.25) is 11.9 Å². The number of ether oxygens (including phenoxy) is 1. The summed E-state index contributed by atoms with van der Waals surface area (Å²) >= 11 is 0. The number of aryl methyl sites for hydroxylation is 3. The van der Waals surface area contributed by atoms with Crippen LogP contribution in [0.1, 0.15) is 40.2 Å². The number of amides is 2. The van der Waals surface area contributed by atoms with Gasteiger partial charge in [-0.25, -0.2) is 14.8 Å². The predicted octanol–water partition coefficient (Wildman–Crippen LogP) is 0.542. The van der Waals surface area contributed by atoms with Gasteiger partial charge in [0.05, 0.1) is 36.8 Å². The van der Waals surface area contributed by atoms with E-state index in [1.165, 1.54) is 0 Å². The molecule has 6 N–H and O–H groups in total. The monoisotopic (exact) mass is 503 g/mol. The number of hydrogen-bond acceptors (Lipinski definition) is 9. The predicted molar refractivity (Wildman–Crippen MR) is 131 cm³/mol. The molecule has 12 nitrogen and oxygen atoms in total. The van der Waals surface area contributed by atoms with Gasteiger partial charge in [-0.05, 0) is 44.4 Å². The second-order valence-electron chi connectivity index (χ2n) is 8.05. The van der Waals surface area contributed by atoms with Crippen LogP contribution in [0.3, 0.4) is 0 Å². The second-order valence-corrected chi connectivity index (χ2v) is 8.05. The summed E-state index contributed by atoms with van der Waals surface area (Å²) in [6, 6.07) is 5.69. The Morgan fingerprint density at radius 2 is 1.83 bits per heavy atom. The lowest BCUT2D eigenvalue weighted by Gasteiger charge is -2.17. The van der Waals surface area contributed by atoms with Crippen LogP contribution < -0.4 is 16.0 Å². The van der Waals surface area contributed by atoms with Gasteiger partial charge in [-0.3, -0.25) is 9.59 Å². The molecule has 1 unspecified atom stereocenters. The van der Waals surface area contributed by atoms with E-state index in [1.54, 1.807) is 32.0 Å². The molecule has 0 bridgehead atoms. The third-order valence-corrected chi connectivity index (χ3v) is 5.15. The minimum absolute atomic E-state index is 0.00533. The highest BCUT2D eigenvalue weighted by molar-refractivity contribution is 5.98. The maximum Gasteiger partial charge on any atom is 0.328 e. The zero-order chi connectivity index (χ0) is 26.5. The van der Waals surface area contributed by atoms with Gasteiger partial charge in [-0.1, -0.05) is 12.1 Å². The number of aromatic nitrogens is 2. The number of aromatic hydroxyl groups is 1. The average molecular weight is 504 g/mol. The number of aliphatic carboxylic acids is 1. The molecule has 0 radical (unpaired) electrons. The Balaban J connectivity index is 1.90. The summed E-state index contributed by atoms with van der Waals surface area (Å²) in [5, 5.41) is 35.6. The maximum absolute atomic E-state index is 12.8. The molecular formula is C24H33N5O7. The Morgan fingerprint density at radius 1 is 1.11 bits per heavy atom. The molecule has 0 aliphatic carbocycles. The second kappa shape index (κ2) is 14.6. The van der Waals surface area contributed by atoms with Crippen LogP contribution in [-0.2, 0) is 20.7 Å². The van der Waals surface area contributed by atoms with Gasteiger partial charge in [0.1, 0.15) is 11.8 Å². The van der Waals surface area contributed by atoms with E-state index in [2.05, 4.69) is 25.9 Å². The molecule has 0 spiro atoms. The van der Waals surface area contributed by atoms with E-state index < -0.39 is 23.8 Å². The van der Waals surface area contributed by atoms with E-state index in [0.717, 1.165) is 18.4 Å². The van der Waals surface area contributed by atoms with E-state index in [1.807, 2.05) is 6.07 Å². The zero-order valence-corrected chi connectivity index (χ0v) is 20.4. The van der Waals surface area contributed by atoms with Gasteiger partial charge in [0, 0.05) is 19.5 Å². The van der Waals surface area contributed by atoms with Crippen LogP contribution in [0.2, 0.25) is 0 Å². The number of carbonyl (C=O) groups is 3. The van der Waals surface area contributed by atoms with Gasteiger partial charge in [-0.2, -0.15) is 0 Å². The number of nitrogens with zero attached hydrogens (tertiary/aromatic N) is 2. The number of rotatable bonds is 15. The highest BCUT2D eigenvalue weighted by Gasteiger charge is 2.24. The van der Waals surface area contributed by atoms with Crippen LogP contribution in [0.5, 0.6) is 5.75 Å².